The molecule has 0 saturated heterocycles. The molecule has 0 bridgehead atoms. The summed E-state index contributed by atoms with van der Waals surface area (Å²) in [6, 6.07) is 10.7. The van der Waals surface area contributed by atoms with Crippen LogP contribution in [0.15, 0.2) is 41.8 Å². The predicted octanol–water partition coefficient (Wildman–Crippen LogP) is 3.15. The molecule has 0 spiro atoms. The normalized spacial score (nSPS) is 13.7. The molecule has 1 aliphatic heterocycles. The Labute approximate surface area is 136 Å². The SMILES string of the molecule is O=[N+]([O-])c1cccc(-n2nc(-c3cccs3)c3c2CCNC3)c1. The number of non-ortho nitro benzene ring substituents is 1. The van der Waals surface area contributed by atoms with Crippen LogP contribution >= 0.6 is 11.3 Å². The third-order valence-corrected chi connectivity index (χ3v) is 4.85. The van der Waals surface area contributed by atoms with Crippen LogP contribution in [0.5, 0.6) is 0 Å². The number of nitrogens with zero attached hydrogens (tertiary/aromatic N) is 3. The van der Waals surface area contributed by atoms with E-state index in [9.17, 15) is 10.1 Å². The van der Waals surface area contributed by atoms with Crippen molar-refractivity contribution in [2.24, 2.45) is 0 Å². The maximum absolute atomic E-state index is 11.0. The third kappa shape index (κ3) is 2.43. The molecule has 3 heterocycles. The Kier molecular flexibility index (Phi) is 3.44. The summed E-state index contributed by atoms with van der Waals surface area (Å²) in [5, 5.41) is 21.2. The number of nitro groups is 1. The third-order valence-electron chi connectivity index (χ3n) is 3.97. The van der Waals surface area contributed by atoms with Crippen molar-refractivity contribution in [3.63, 3.8) is 0 Å². The van der Waals surface area contributed by atoms with Crippen molar-refractivity contribution < 1.29 is 4.92 Å². The maximum Gasteiger partial charge on any atom is 0.271 e. The van der Waals surface area contributed by atoms with Crippen molar-refractivity contribution in [1.29, 1.82) is 0 Å². The van der Waals surface area contributed by atoms with Gasteiger partial charge in [-0.25, -0.2) is 4.68 Å². The van der Waals surface area contributed by atoms with Crippen molar-refractivity contribution in [3.8, 4) is 16.3 Å². The fourth-order valence-corrected chi connectivity index (χ4v) is 3.65. The van der Waals surface area contributed by atoms with E-state index in [1.165, 1.54) is 11.6 Å². The predicted molar refractivity (Wildman–Crippen MR) is 88.9 cm³/mol. The van der Waals surface area contributed by atoms with Gasteiger partial charge in [-0.3, -0.25) is 10.1 Å². The van der Waals surface area contributed by atoms with Crippen molar-refractivity contribution >= 4 is 17.0 Å². The lowest BCUT2D eigenvalue weighted by Gasteiger charge is -2.15. The highest BCUT2D eigenvalue weighted by molar-refractivity contribution is 7.13. The van der Waals surface area contributed by atoms with Gasteiger partial charge < -0.3 is 5.32 Å². The summed E-state index contributed by atoms with van der Waals surface area (Å²) >= 11 is 1.65. The number of nitro benzene ring substituents is 1. The van der Waals surface area contributed by atoms with E-state index in [1.54, 1.807) is 23.5 Å². The first kappa shape index (κ1) is 14.1. The first-order valence-electron chi connectivity index (χ1n) is 7.34. The van der Waals surface area contributed by atoms with E-state index in [0.29, 0.717) is 0 Å². The van der Waals surface area contributed by atoms with E-state index in [-0.39, 0.29) is 10.6 Å². The molecule has 0 unspecified atom stereocenters. The van der Waals surface area contributed by atoms with Gasteiger partial charge in [0.1, 0.15) is 5.69 Å². The molecule has 23 heavy (non-hydrogen) atoms. The molecule has 2 aromatic heterocycles. The van der Waals surface area contributed by atoms with Crippen LogP contribution in [-0.2, 0) is 13.0 Å². The van der Waals surface area contributed by atoms with Crippen molar-refractivity contribution in [1.82, 2.24) is 15.1 Å². The van der Waals surface area contributed by atoms with Gasteiger partial charge in [0.15, 0.2) is 0 Å². The highest BCUT2D eigenvalue weighted by Crippen LogP contribution is 2.32. The van der Waals surface area contributed by atoms with E-state index in [1.807, 2.05) is 22.2 Å². The van der Waals surface area contributed by atoms with Crippen LogP contribution in [0.1, 0.15) is 11.3 Å². The highest BCUT2D eigenvalue weighted by atomic mass is 32.1. The standard InChI is InChI=1S/C16H14N4O2S/c21-20(22)12-4-1-3-11(9-12)19-14-6-7-17-10-13(14)16(18-19)15-5-2-8-23-15/h1-5,8-9,17H,6-7,10H2. The summed E-state index contributed by atoms with van der Waals surface area (Å²) in [6.45, 7) is 1.66. The quantitative estimate of drug-likeness (QED) is 0.593. The lowest BCUT2D eigenvalue weighted by Crippen LogP contribution is -2.24. The van der Waals surface area contributed by atoms with Gasteiger partial charge in [0.05, 0.1) is 21.2 Å². The van der Waals surface area contributed by atoms with Gasteiger partial charge in [-0.2, -0.15) is 5.10 Å². The van der Waals surface area contributed by atoms with Gasteiger partial charge in [-0.1, -0.05) is 12.1 Å². The van der Waals surface area contributed by atoms with E-state index in [0.717, 1.165) is 41.5 Å². The fourth-order valence-electron chi connectivity index (χ4n) is 2.91. The number of nitrogens with one attached hydrogen (secondary N) is 1. The summed E-state index contributed by atoms with van der Waals surface area (Å²) in [7, 11) is 0. The van der Waals surface area contributed by atoms with Gasteiger partial charge in [0.25, 0.3) is 5.69 Å². The molecule has 1 N–H and O–H groups in total. The number of hydrogen-bond donors (Lipinski definition) is 1. The second-order valence-corrected chi connectivity index (χ2v) is 6.31. The molecule has 0 amide bonds. The summed E-state index contributed by atoms with van der Waals surface area (Å²) in [6.07, 6.45) is 0.858. The Morgan fingerprint density at radius 1 is 1.30 bits per heavy atom. The van der Waals surface area contributed by atoms with Gasteiger partial charge in [0, 0.05) is 37.2 Å². The number of rotatable bonds is 3. The van der Waals surface area contributed by atoms with Crippen molar-refractivity contribution in [2.45, 2.75) is 13.0 Å². The lowest BCUT2D eigenvalue weighted by atomic mass is 10.1. The minimum atomic E-state index is -0.374. The number of fused-ring (bicyclic) bond motifs is 1. The first-order chi connectivity index (χ1) is 11.2. The van der Waals surface area contributed by atoms with E-state index in [4.69, 9.17) is 5.10 Å². The monoisotopic (exact) mass is 326 g/mol. The topological polar surface area (TPSA) is 73.0 Å². The first-order valence-corrected chi connectivity index (χ1v) is 8.22. The van der Waals surface area contributed by atoms with E-state index in [2.05, 4.69) is 11.4 Å². The van der Waals surface area contributed by atoms with Crippen LogP contribution in [0.25, 0.3) is 16.3 Å². The molecule has 0 atom stereocenters. The van der Waals surface area contributed by atoms with Crippen molar-refractivity contribution in [2.75, 3.05) is 6.54 Å². The van der Waals surface area contributed by atoms with Crippen molar-refractivity contribution in [3.05, 3.63) is 63.1 Å². The molecule has 0 radical (unpaired) electrons. The second-order valence-electron chi connectivity index (χ2n) is 5.37. The lowest BCUT2D eigenvalue weighted by molar-refractivity contribution is -0.384. The molecule has 3 aromatic rings. The van der Waals surface area contributed by atoms with E-state index >= 15 is 0 Å². The number of aromatic nitrogens is 2. The Morgan fingerprint density at radius 3 is 3.00 bits per heavy atom. The molecular formula is C16H14N4O2S. The zero-order valence-electron chi connectivity index (χ0n) is 12.2. The number of hydrogen-bond acceptors (Lipinski definition) is 5. The van der Waals surface area contributed by atoms with Gasteiger partial charge in [0.2, 0.25) is 0 Å². The Bertz CT molecular complexity index is 870. The van der Waals surface area contributed by atoms with Gasteiger partial charge >= 0.3 is 0 Å². The molecule has 1 aliphatic rings. The molecule has 116 valence electrons. The molecule has 1 aromatic carbocycles. The number of thiophene rings is 1. The highest BCUT2D eigenvalue weighted by Gasteiger charge is 2.23. The average molecular weight is 326 g/mol. The van der Waals surface area contributed by atoms with Crippen LogP contribution in [0, 0.1) is 10.1 Å². The van der Waals surface area contributed by atoms with Crippen LogP contribution in [0.2, 0.25) is 0 Å². The maximum atomic E-state index is 11.0. The molecule has 4 rings (SSSR count). The molecule has 7 heteroatoms. The van der Waals surface area contributed by atoms with Gasteiger partial charge in [-0.05, 0) is 17.5 Å². The zero-order chi connectivity index (χ0) is 15.8. The van der Waals surface area contributed by atoms with E-state index < -0.39 is 0 Å². The molecule has 0 fully saturated rings. The average Bonchev–Trinajstić information content (AvgIpc) is 3.22. The minimum Gasteiger partial charge on any atom is -0.312 e. The minimum absolute atomic E-state index is 0.0818. The smallest absolute Gasteiger partial charge is 0.271 e. The number of benzene rings is 1. The Hall–Kier alpha value is -2.51. The van der Waals surface area contributed by atoms with Crippen LogP contribution < -0.4 is 5.32 Å². The molecule has 0 aliphatic carbocycles. The van der Waals surface area contributed by atoms with Crippen LogP contribution in [-0.4, -0.2) is 21.2 Å². The molecule has 0 saturated carbocycles. The van der Waals surface area contributed by atoms with Gasteiger partial charge in [-0.15, -0.1) is 11.3 Å². The Morgan fingerprint density at radius 2 is 2.22 bits per heavy atom. The summed E-state index contributed by atoms with van der Waals surface area (Å²) in [4.78, 5) is 11.8. The zero-order valence-corrected chi connectivity index (χ0v) is 13.0. The molecule has 6 nitrogen and oxygen atoms in total. The fraction of sp³-hybridized carbons (Fsp3) is 0.188. The molecular weight excluding hydrogens is 312 g/mol. The second kappa shape index (κ2) is 5.60. The largest absolute Gasteiger partial charge is 0.312 e. The van der Waals surface area contributed by atoms with Crippen LogP contribution in [0.3, 0.4) is 0 Å². The summed E-state index contributed by atoms with van der Waals surface area (Å²) in [5.74, 6) is 0. The van der Waals surface area contributed by atoms with Crippen LogP contribution in [0.4, 0.5) is 5.69 Å². The summed E-state index contributed by atoms with van der Waals surface area (Å²) in [5.41, 5.74) is 4.10. The summed E-state index contributed by atoms with van der Waals surface area (Å²) < 4.78 is 1.86. The Balaban J connectivity index is 1.89.